The van der Waals surface area contributed by atoms with Crippen molar-refractivity contribution in [2.24, 2.45) is 0 Å². The lowest BCUT2D eigenvalue weighted by Crippen LogP contribution is -2.54. The molecule has 1 fully saturated rings. The molecule has 0 saturated carbocycles. The third kappa shape index (κ3) is 3.84. The average molecular weight is 332 g/mol. The monoisotopic (exact) mass is 331 g/mol. The maximum atomic E-state index is 12.7. The molecule has 1 aliphatic rings. The average Bonchev–Trinajstić information content (AvgIpc) is 2.88. The Bertz CT molecular complexity index is 567. The van der Waals surface area contributed by atoms with E-state index in [2.05, 4.69) is 31.0 Å². The van der Waals surface area contributed by atoms with Crippen LogP contribution in [0.15, 0.2) is 16.3 Å². The molecule has 5 nitrogen and oxygen atoms in total. The Morgan fingerprint density at radius 1 is 1.24 bits per heavy atom. The topological polar surface area (TPSA) is 52.7 Å². The highest BCUT2D eigenvalue weighted by Crippen LogP contribution is 2.25. The Hall–Kier alpha value is -0.470. The van der Waals surface area contributed by atoms with Gasteiger partial charge in [0.25, 0.3) is 0 Å². The van der Waals surface area contributed by atoms with Crippen LogP contribution in [0.25, 0.3) is 0 Å². The van der Waals surface area contributed by atoms with Crippen LogP contribution in [0, 0.1) is 0 Å². The van der Waals surface area contributed by atoms with Gasteiger partial charge in [0.1, 0.15) is 0 Å². The van der Waals surface area contributed by atoms with E-state index in [1.807, 2.05) is 7.05 Å². The molecule has 2 heterocycles. The van der Waals surface area contributed by atoms with Crippen molar-refractivity contribution in [1.29, 1.82) is 0 Å². The van der Waals surface area contributed by atoms with Gasteiger partial charge >= 0.3 is 0 Å². The molecule has 0 amide bonds. The summed E-state index contributed by atoms with van der Waals surface area (Å²) >= 11 is 1.49. The van der Waals surface area contributed by atoms with Gasteiger partial charge in [-0.3, -0.25) is 4.90 Å². The van der Waals surface area contributed by atoms with Crippen LogP contribution in [0.4, 0.5) is 0 Å². The number of piperazine rings is 1. The van der Waals surface area contributed by atoms with Gasteiger partial charge in [-0.15, -0.1) is 11.3 Å². The maximum absolute atomic E-state index is 12.7. The Balaban J connectivity index is 2.07. The smallest absolute Gasteiger partial charge is 0.243 e. The van der Waals surface area contributed by atoms with Crippen molar-refractivity contribution >= 4 is 21.4 Å². The molecule has 0 unspecified atom stereocenters. The van der Waals surface area contributed by atoms with E-state index in [9.17, 15) is 8.42 Å². The molecule has 1 aromatic rings. The molecule has 120 valence electrons. The summed E-state index contributed by atoms with van der Waals surface area (Å²) in [5, 5.41) is 4.79. The van der Waals surface area contributed by atoms with Crippen LogP contribution < -0.4 is 5.32 Å². The third-order valence-corrected chi connectivity index (χ3v) is 6.77. The minimum absolute atomic E-state index is 0.0954. The van der Waals surface area contributed by atoms with E-state index >= 15 is 0 Å². The molecule has 0 atom stereocenters. The van der Waals surface area contributed by atoms with Crippen LogP contribution in [0.3, 0.4) is 0 Å². The standard InChI is InChI=1S/C14H25N3O2S2/c1-14(2,3)16-5-7-17(8-6-16)21(18,19)13-9-12(10-15-4)20-11-13/h9,11,15H,5-8,10H2,1-4H3. The number of rotatable bonds is 4. The lowest BCUT2D eigenvalue weighted by molar-refractivity contribution is 0.0922. The van der Waals surface area contributed by atoms with Gasteiger partial charge in [0, 0.05) is 48.5 Å². The van der Waals surface area contributed by atoms with Gasteiger partial charge in [-0.05, 0) is 33.9 Å². The Kier molecular flexibility index (Phi) is 5.10. The second-order valence-electron chi connectivity index (χ2n) is 6.34. The Labute approximate surface area is 132 Å². The fourth-order valence-corrected chi connectivity index (χ4v) is 5.21. The molecule has 1 saturated heterocycles. The van der Waals surface area contributed by atoms with E-state index in [1.54, 1.807) is 15.8 Å². The second-order valence-corrected chi connectivity index (χ2v) is 9.27. The zero-order valence-electron chi connectivity index (χ0n) is 13.2. The Morgan fingerprint density at radius 2 is 1.86 bits per heavy atom. The normalized spacial score (nSPS) is 19.0. The van der Waals surface area contributed by atoms with Crippen molar-refractivity contribution in [3.63, 3.8) is 0 Å². The molecular formula is C14H25N3O2S2. The highest BCUT2D eigenvalue weighted by atomic mass is 32.2. The van der Waals surface area contributed by atoms with Gasteiger partial charge in [0.15, 0.2) is 0 Å². The number of sulfonamides is 1. The van der Waals surface area contributed by atoms with Gasteiger partial charge < -0.3 is 5.32 Å². The van der Waals surface area contributed by atoms with Crippen molar-refractivity contribution in [2.45, 2.75) is 37.8 Å². The van der Waals surface area contributed by atoms with Crippen LogP contribution >= 0.6 is 11.3 Å². The molecule has 0 aliphatic carbocycles. The van der Waals surface area contributed by atoms with Crippen molar-refractivity contribution in [1.82, 2.24) is 14.5 Å². The van der Waals surface area contributed by atoms with E-state index < -0.39 is 10.0 Å². The van der Waals surface area contributed by atoms with E-state index in [1.165, 1.54) is 11.3 Å². The van der Waals surface area contributed by atoms with Crippen molar-refractivity contribution < 1.29 is 8.42 Å². The Morgan fingerprint density at radius 3 is 2.38 bits per heavy atom. The predicted molar refractivity (Wildman–Crippen MR) is 87.2 cm³/mol. The van der Waals surface area contributed by atoms with Crippen molar-refractivity contribution in [2.75, 3.05) is 33.2 Å². The molecule has 1 aromatic heterocycles. The zero-order valence-corrected chi connectivity index (χ0v) is 14.9. The summed E-state index contributed by atoms with van der Waals surface area (Å²) in [4.78, 5) is 3.81. The first kappa shape index (κ1) is 16.9. The summed E-state index contributed by atoms with van der Waals surface area (Å²) in [7, 11) is -1.48. The van der Waals surface area contributed by atoms with Gasteiger partial charge in [0.05, 0.1) is 4.90 Å². The summed E-state index contributed by atoms with van der Waals surface area (Å²) in [6.45, 7) is 9.91. The summed E-state index contributed by atoms with van der Waals surface area (Å²) in [5.74, 6) is 0. The fourth-order valence-electron chi connectivity index (χ4n) is 2.51. The van der Waals surface area contributed by atoms with Crippen LogP contribution in [0.1, 0.15) is 25.6 Å². The number of thiophene rings is 1. The summed E-state index contributed by atoms with van der Waals surface area (Å²) in [6, 6.07) is 1.78. The first-order valence-electron chi connectivity index (χ1n) is 7.22. The van der Waals surface area contributed by atoms with Crippen LogP contribution in [-0.2, 0) is 16.6 Å². The first-order valence-corrected chi connectivity index (χ1v) is 9.54. The third-order valence-electron chi connectivity index (χ3n) is 3.81. The van der Waals surface area contributed by atoms with E-state index in [-0.39, 0.29) is 5.54 Å². The second kappa shape index (κ2) is 6.34. The number of nitrogens with zero attached hydrogens (tertiary/aromatic N) is 2. The summed E-state index contributed by atoms with van der Waals surface area (Å²) < 4.78 is 26.9. The maximum Gasteiger partial charge on any atom is 0.243 e. The van der Waals surface area contributed by atoms with E-state index in [4.69, 9.17) is 0 Å². The molecule has 0 spiro atoms. The number of hydrogen-bond donors (Lipinski definition) is 1. The van der Waals surface area contributed by atoms with E-state index in [0.29, 0.717) is 24.5 Å². The lowest BCUT2D eigenvalue weighted by Gasteiger charge is -2.41. The molecule has 1 N–H and O–H groups in total. The van der Waals surface area contributed by atoms with Crippen LogP contribution in [0.2, 0.25) is 0 Å². The lowest BCUT2D eigenvalue weighted by atomic mass is 10.1. The molecule has 0 radical (unpaired) electrons. The quantitative estimate of drug-likeness (QED) is 0.910. The van der Waals surface area contributed by atoms with Gasteiger partial charge in [-0.1, -0.05) is 0 Å². The van der Waals surface area contributed by atoms with Gasteiger partial charge in [-0.2, -0.15) is 4.31 Å². The molecule has 1 aliphatic heterocycles. The van der Waals surface area contributed by atoms with Crippen molar-refractivity contribution in [3.8, 4) is 0 Å². The molecule has 2 rings (SSSR count). The SMILES string of the molecule is CNCc1cc(S(=O)(=O)N2CCN(C(C)(C)C)CC2)cs1. The highest BCUT2D eigenvalue weighted by molar-refractivity contribution is 7.89. The highest BCUT2D eigenvalue weighted by Gasteiger charge is 2.32. The van der Waals surface area contributed by atoms with Gasteiger partial charge in [-0.25, -0.2) is 8.42 Å². The van der Waals surface area contributed by atoms with Crippen LogP contribution in [0.5, 0.6) is 0 Å². The fraction of sp³-hybridized carbons (Fsp3) is 0.714. The van der Waals surface area contributed by atoms with E-state index in [0.717, 1.165) is 18.0 Å². The molecule has 7 heteroatoms. The zero-order chi connectivity index (χ0) is 15.7. The predicted octanol–water partition coefficient (Wildman–Crippen LogP) is 1.57. The first-order chi connectivity index (χ1) is 9.75. The minimum atomic E-state index is -3.34. The summed E-state index contributed by atoms with van der Waals surface area (Å²) in [6.07, 6.45) is 0. The number of hydrogen-bond acceptors (Lipinski definition) is 5. The van der Waals surface area contributed by atoms with Crippen LogP contribution in [-0.4, -0.2) is 56.4 Å². The molecule has 0 bridgehead atoms. The minimum Gasteiger partial charge on any atom is -0.315 e. The van der Waals surface area contributed by atoms with Gasteiger partial charge in [0.2, 0.25) is 10.0 Å². The number of nitrogens with one attached hydrogen (secondary N) is 1. The largest absolute Gasteiger partial charge is 0.315 e. The molecule has 21 heavy (non-hydrogen) atoms. The molecule has 0 aromatic carbocycles. The van der Waals surface area contributed by atoms with Crippen molar-refractivity contribution in [3.05, 3.63) is 16.3 Å². The summed E-state index contributed by atoms with van der Waals surface area (Å²) in [5.41, 5.74) is 0.0954. The molecular weight excluding hydrogens is 306 g/mol.